The monoisotopic (exact) mass is 372 g/mol. The molecule has 3 amide bonds. The van der Waals surface area contributed by atoms with Crippen molar-refractivity contribution in [3.05, 3.63) is 58.4 Å². The van der Waals surface area contributed by atoms with Gasteiger partial charge in [0.2, 0.25) is 0 Å². The van der Waals surface area contributed by atoms with Gasteiger partial charge in [-0.2, -0.15) is 0 Å². The van der Waals surface area contributed by atoms with E-state index in [0.29, 0.717) is 22.8 Å². The first-order chi connectivity index (χ1) is 12.5. The molecule has 1 aliphatic heterocycles. The number of likely N-dealkylation sites (tertiary alicyclic amines) is 1. The van der Waals surface area contributed by atoms with Crippen LogP contribution in [0.25, 0.3) is 0 Å². The fourth-order valence-corrected chi connectivity index (χ4v) is 3.06. The molecule has 0 bridgehead atoms. The van der Waals surface area contributed by atoms with Crippen molar-refractivity contribution >= 4 is 29.2 Å². The van der Waals surface area contributed by atoms with Crippen molar-refractivity contribution in [2.45, 2.75) is 26.3 Å². The summed E-state index contributed by atoms with van der Waals surface area (Å²) >= 11 is 6.16. The van der Waals surface area contributed by atoms with Gasteiger partial charge in [0.15, 0.2) is 0 Å². The van der Waals surface area contributed by atoms with Crippen molar-refractivity contribution < 1.29 is 9.59 Å². The summed E-state index contributed by atoms with van der Waals surface area (Å²) in [5.41, 5.74) is 2.59. The molecule has 1 fully saturated rings. The van der Waals surface area contributed by atoms with E-state index in [9.17, 15) is 9.59 Å². The van der Waals surface area contributed by atoms with Gasteiger partial charge in [0.05, 0.1) is 22.9 Å². The predicted octanol–water partition coefficient (Wildman–Crippen LogP) is 3.60. The maximum absolute atomic E-state index is 12.5. The maximum atomic E-state index is 12.5. The van der Waals surface area contributed by atoms with Crippen LogP contribution < -0.4 is 10.6 Å². The third kappa shape index (κ3) is 4.52. The predicted molar refractivity (Wildman–Crippen MR) is 101 cm³/mol. The third-order valence-electron chi connectivity index (χ3n) is 4.23. The van der Waals surface area contributed by atoms with E-state index in [1.54, 1.807) is 18.2 Å². The number of halogens is 1. The van der Waals surface area contributed by atoms with E-state index < -0.39 is 6.03 Å². The van der Waals surface area contributed by atoms with Gasteiger partial charge in [-0.1, -0.05) is 17.7 Å². The number of carbonyl (C=O) groups excluding carboxylic acids is 2. The molecule has 7 heteroatoms. The number of pyridine rings is 1. The first-order valence-electron chi connectivity index (χ1n) is 8.59. The summed E-state index contributed by atoms with van der Waals surface area (Å²) in [6.45, 7) is 3.74. The lowest BCUT2D eigenvalue weighted by Crippen LogP contribution is -2.29. The SMILES string of the molecule is Cc1cccc(CNC(=O)Nc2cc(C(=O)N3CCCC3)ccc2Cl)n1. The molecular formula is C19H21ClN4O2. The number of urea groups is 1. The van der Waals surface area contributed by atoms with Crippen molar-refractivity contribution in [1.29, 1.82) is 0 Å². The number of benzene rings is 1. The summed E-state index contributed by atoms with van der Waals surface area (Å²) in [7, 11) is 0. The van der Waals surface area contributed by atoms with Crippen LogP contribution in [-0.2, 0) is 6.54 Å². The molecule has 136 valence electrons. The molecule has 26 heavy (non-hydrogen) atoms. The van der Waals surface area contributed by atoms with Crippen molar-refractivity contribution in [1.82, 2.24) is 15.2 Å². The molecule has 6 nitrogen and oxygen atoms in total. The Labute approximate surface area is 157 Å². The summed E-state index contributed by atoms with van der Waals surface area (Å²) in [5, 5.41) is 5.82. The Hall–Kier alpha value is -2.60. The first-order valence-corrected chi connectivity index (χ1v) is 8.97. The zero-order chi connectivity index (χ0) is 18.5. The van der Waals surface area contributed by atoms with Crippen LogP contribution in [0.4, 0.5) is 10.5 Å². The number of aryl methyl sites for hydroxylation is 1. The smallest absolute Gasteiger partial charge is 0.319 e. The minimum Gasteiger partial charge on any atom is -0.339 e. The van der Waals surface area contributed by atoms with Crippen LogP contribution in [0, 0.1) is 6.92 Å². The lowest BCUT2D eigenvalue weighted by molar-refractivity contribution is 0.0793. The van der Waals surface area contributed by atoms with Gasteiger partial charge < -0.3 is 15.5 Å². The molecular weight excluding hydrogens is 352 g/mol. The largest absolute Gasteiger partial charge is 0.339 e. The molecule has 3 rings (SSSR count). The molecule has 0 aliphatic carbocycles. The fourth-order valence-electron chi connectivity index (χ4n) is 2.89. The van der Waals surface area contributed by atoms with Gasteiger partial charge in [-0.15, -0.1) is 0 Å². The first kappa shape index (κ1) is 18.2. The Morgan fingerprint density at radius 1 is 1.19 bits per heavy atom. The number of carbonyl (C=O) groups is 2. The minimum atomic E-state index is -0.402. The number of nitrogens with one attached hydrogen (secondary N) is 2. The molecule has 1 aromatic heterocycles. The average Bonchev–Trinajstić information content (AvgIpc) is 3.16. The normalized spacial score (nSPS) is 13.5. The van der Waals surface area contributed by atoms with E-state index >= 15 is 0 Å². The quantitative estimate of drug-likeness (QED) is 0.861. The molecule has 1 saturated heterocycles. The third-order valence-corrected chi connectivity index (χ3v) is 4.56. The second-order valence-corrected chi connectivity index (χ2v) is 6.68. The summed E-state index contributed by atoms with van der Waals surface area (Å²) < 4.78 is 0. The average molecular weight is 373 g/mol. The molecule has 1 aliphatic rings. The molecule has 0 spiro atoms. The molecule has 0 atom stereocenters. The van der Waals surface area contributed by atoms with Crippen LogP contribution in [0.2, 0.25) is 5.02 Å². The highest BCUT2D eigenvalue weighted by Gasteiger charge is 2.20. The molecule has 0 unspecified atom stereocenters. The van der Waals surface area contributed by atoms with Gasteiger partial charge in [0.25, 0.3) is 5.91 Å². The highest BCUT2D eigenvalue weighted by atomic mass is 35.5. The Morgan fingerprint density at radius 3 is 2.69 bits per heavy atom. The summed E-state index contributed by atoms with van der Waals surface area (Å²) in [6.07, 6.45) is 2.06. The van der Waals surface area contributed by atoms with Crippen LogP contribution in [0.1, 0.15) is 34.6 Å². The molecule has 0 saturated carbocycles. The fraction of sp³-hybridized carbons (Fsp3) is 0.316. The molecule has 0 radical (unpaired) electrons. The molecule has 2 N–H and O–H groups in total. The second kappa shape index (κ2) is 8.19. The number of nitrogens with zero attached hydrogens (tertiary/aromatic N) is 2. The van der Waals surface area contributed by atoms with Crippen LogP contribution in [0.3, 0.4) is 0 Å². The van der Waals surface area contributed by atoms with Crippen LogP contribution in [0.5, 0.6) is 0 Å². The number of rotatable bonds is 4. The summed E-state index contributed by atoms with van der Waals surface area (Å²) in [5.74, 6) is -0.0356. The van der Waals surface area contributed by atoms with Gasteiger partial charge in [0.1, 0.15) is 0 Å². The number of amides is 3. The summed E-state index contributed by atoms with van der Waals surface area (Å²) in [4.78, 5) is 30.8. The van der Waals surface area contributed by atoms with E-state index in [0.717, 1.165) is 37.3 Å². The van der Waals surface area contributed by atoms with Gasteiger partial charge in [-0.3, -0.25) is 9.78 Å². The van der Waals surface area contributed by atoms with Crippen molar-refractivity contribution in [2.75, 3.05) is 18.4 Å². The van der Waals surface area contributed by atoms with Gasteiger partial charge in [-0.05, 0) is 50.1 Å². The number of anilines is 1. The van der Waals surface area contributed by atoms with Crippen molar-refractivity contribution in [2.24, 2.45) is 0 Å². The topological polar surface area (TPSA) is 74.3 Å². The highest BCUT2D eigenvalue weighted by molar-refractivity contribution is 6.33. The van der Waals surface area contributed by atoms with E-state index in [-0.39, 0.29) is 5.91 Å². The Morgan fingerprint density at radius 2 is 1.96 bits per heavy atom. The molecule has 2 heterocycles. The second-order valence-electron chi connectivity index (χ2n) is 6.27. The minimum absolute atomic E-state index is 0.0356. The lowest BCUT2D eigenvalue weighted by Gasteiger charge is -2.16. The van der Waals surface area contributed by atoms with Gasteiger partial charge in [-0.25, -0.2) is 4.79 Å². The van der Waals surface area contributed by atoms with Crippen LogP contribution in [-0.4, -0.2) is 34.9 Å². The maximum Gasteiger partial charge on any atom is 0.319 e. The highest BCUT2D eigenvalue weighted by Crippen LogP contribution is 2.24. The van der Waals surface area contributed by atoms with Crippen molar-refractivity contribution in [3.63, 3.8) is 0 Å². The lowest BCUT2D eigenvalue weighted by atomic mass is 10.1. The number of hydrogen-bond donors (Lipinski definition) is 2. The van der Waals surface area contributed by atoms with Crippen molar-refractivity contribution in [3.8, 4) is 0 Å². The number of aromatic nitrogens is 1. The van der Waals surface area contributed by atoms with E-state index in [1.165, 1.54) is 0 Å². The molecule has 2 aromatic rings. The van der Waals surface area contributed by atoms with Gasteiger partial charge in [0, 0.05) is 24.3 Å². The number of hydrogen-bond acceptors (Lipinski definition) is 3. The van der Waals surface area contributed by atoms with E-state index in [2.05, 4.69) is 15.6 Å². The van der Waals surface area contributed by atoms with E-state index in [1.807, 2.05) is 30.0 Å². The standard InChI is InChI=1S/C19H21ClN4O2/c1-13-5-4-6-15(22-13)12-21-19(26)23-17-11-14(7-8-16(17)20)18(25)24-9-2-3-10-24/h4-8,11H,2-3,9-10,12H2,1H3,(H2,21,23,26). The zero-order valence-electron chi connectivity index (χ0n) is 14.6. The van der Waals surface area contributed by atoms with E-state index in [4.69, 9.17) is 11.6 Å². The van der Waals surface area contributed by atoms with Gasteiger partial charge >= 0.3 is 6.03 Å². The zero-order valence-corrected chi connectivity index (χ0v) is 15.3. The van der Waals surface area contributed by atoms with Crippen LogP contribution >= 0.6 is 11.6 Å². The summed E-state index contributed by atoms with van der Waals surface area (Å²) in [6, 6.07) is 10.2. The Balaban J connectivity index is 1.63. The Kier molecular flexibility index (Phi) is 5.73. The molecule has 1 aromatic carbocycles. The van der Waals surface area contributed by atoms with Crippen LogP contribution in [0.15, 0.2) is 36.4 Å². The Bertz CT molecular complexity index is 819.